The zero-order valence-corrected chi connectivity index (χ0v) is 12.3. The molecule has 1 heterocycles. The van der Waals surface area contributed by atoms with Crippen LogP contribution in [0.25, 0.3) is 11.0 Å². The molecule has 1 aromatic heterocycles. The van der Waals surface area contributed by atoms with Gasteiger partial charge in [0.05, 0.1) is 6.04 Å². The molecule has 3 unspecified atom stereocenters. The molecule has 4 N–H and O–H groups in total. The molecule has 0 radical (unpaired) electrons. The van der Waals surface area contributed by atoms with Crippen LogP contribution in [0.1, 0.15) is 37.5 Å². The highest BCUT2D eigenvalue weighted by Gasteiger charge is 2.27. The summed E-state index contributed by atoms with van der Waals surface area (Å²) in [5, 5.41) is 14.2. The largest absolute Gasteiger partial charge is 0.459 e. The molecular formula is C17H24N2O2. The molecule has 1 fully saturated rings. The van der Waals surface area contributed by atoms with E-state index in [1.54, 1.807) is 0 Å². The van der Waals surface area contributed by atoms with Crippen molar-refractivity contribution in [3.63, 3.8) is 0 Å². The predicted molar refractivity (Wildman–Crippen MR) is 84.0 cm³/mol. The van der Waals surface area contributed by atoms with Crippen molar-refractivity contribution in [1.82, 2.24) is 5.32 Å². The number of aliphatic hydroxyl groups excluding tert-OH is 1. The molecular weight excluding hydrogens is 264 g/mol. The van der Waals surface area contributed by atoms with E-state index in [1.165, 1.54) is 12.8 Å². The Balaban J connectivity index is 1.77. The van der Waals surface area contributed by atoms with Gasteiger partial charge < -0.3 is 20.6 Å². The first-order valence-electron chi connectivity index (χ1n) is 7.87. The standard InChI is InChI=1S/C17H24N2O2/c18-10-15(19-14-7-3-1-6-13(14)11-20)17-9-12-5-2-4-8-16(12)21-17/h2,4-5,8-9,13-15,19-20H,1,3,6-7,10-11,18H2. The van der Waals surface area contributed by atoms with Crippen LogP contribution in [0.2, 0.25) is 0 Å². The maximum absolute atomic E-state index is 9.54. The van der Waals surface area contributed by atoms with Gasteiger partial charge in [-0.25, -0.2) is 0 Å². The summed E-state index contributed by atoms with van der Waals surface area (Å²) in [5.41, 5.74) is 6.84. The fourth-order valence-electron chi connectivity index (χ4n) is 3.34. The van der Waals surface area contributed by atoms with E-state index in [-0.39, 0.29) is 12.6 Å². The molecule has 21 heavy (non-hydrogen) atoms. The fraction of sp³-hybridized carbons (Fsp3) is 0.529. The lowest BCUT2D eigenvalue weighted by atomic mass is 9.84. The van der Waals surface area contributed by atoms with Gasteiger partial charge in [0.15, 0.2) is 0 Å². The fourth-order valence-corrected chi connectivity index (χ4v) is 3.34. The molecule has 0 spiro atoms. The first-order chi connectivity index (χ1) is 10.3. The van der Waals surface area contributed by atoms with E-state index >= 15 is 0 Å². The molecule has 3 atom stereocenters. The van der Waals surface area contributed by atoms with E-state index < -0.39 is 0 Å². The number of aliphatic hydroxyl groups is 1. The van der Waals surface area contributed by atoms with Crippen molar-refractivity contribution in [3.05, 3.63) is 36.1 Å². The minimum absolute atomic E-state index is 0.00884. The number of hydrogen-bond acceptors (Lipinski definition) is 4. The molecule has 2 aromatic rings. The molecule has 0 saturated heterocycles. The summed E-state index contributed by atoms with van der Waals surface area (Å²) in [6, 6.07) is 10.4. The number of para-hydroxylation sites is 1. The summed E-state index contributed by atoms with van der Waals surface area (Å²) in [5.74, 6) is 1.22. The second kappa shape index (κ2) is 6.60. The number of fused-ring (bicyclic) bond motifs is 1. The summed E-state index contributed by atoms with van der Waals surface area (Å²) in [7, 11) is 0. The van der Waals surface area contributed by atoms with Gasteiger partial charge in [-0.2, -0.15) is 0 Å². The van der Waals surface area contributed by atoms with Crippen LogP contribution in [0.3, 0.4) is 0 Å². The van der Waals surface area contributed by atoms with E-state index in [9.17, 15) is 5.11 Å². The average Bonchev–Trinajstić information content (AvgIpc) is 2.96. The van der Waals surface area contributed by atoms with Crippen LogP contribution < -0.4 is 11.1 Å². The SMILES string of the molecule is NCC(NC1CCCCC1CO)c1cc2ccccc2o1. The lowest BCUT2D eigenvalue weighted by molar-refractivity contribution is 0.144. The third kappa shape index (κ3) is 3.12. The second-order valence-corrected chi connectivity index (χ2v) is 5.98. The first kappa shape index (κ1) is 14.6. The third-order valence-corrected chi connectivity index (χ3v) is 4.58. The Bertz CT molecular complexity index is 548. The Morgan fingerprint density at radius 3 is 2.86 bits per heavy atom. The smallest absolute Gasteiger partial charge is 0.134 e. The predicted octanol–water partition coefficient (Wildman–Crippen LogP) is 2.57. The molecule has 114 valence electrons. The van der Waals surface area contributed by atoms with Gasteiger partial charge in [-0.05, 0) is 30.9 Å². The van der Waals surface area contributed by atoms with E-state index in [4.69, 9.17) is 10.2 Å². The van der Waals surface area contributed by atoms with Crippen LogP contribution in [0.4, 0.5) is 0 Å². The summed E-state index contributed by atoms with van der Waals surface area (Å²) in [6.45, 7) is 0.740. The van der Waals surface area contributed by atoms with Gasteiger partial charge in [0, 0.05) is 24.6 Å². The van der Waals surface area contributed by atoms with Crippen molar-refractivity contribution < 1.29 is 9.52 Å². The number of hydrogen-bond donors (Lipinski definition) is 3. The van der Waals surface area contributed by atoms with Crippen LogP contribution in [-0.4, -0.2) is 24.3 Å². The number of benzene rings is 1. The zero-order chi connectivity index (χ0) is 14.7. The minimum Gasteiger partial charge on any atom is -0.459 e. The Labute approximate surface area is 125 Å². The van der Waals surface area contributed by atoms with E-state index in [0.29, 0.717) is 18.5 Å². The lowest BCUT2D eigenvalue weighted by Gasteiger charge is -2.33. The zero-order valence-electron chi connectivity index (χ0n) is 12.3. The van der Waals surface area contributed by atoms with Crippen molar-refractivity contribution in [2.24, 2.45) is 11.7 Å². The summed E-state index contributed by atoms with van der Waals surface area (Å²) in [4.78, 5) is 0. The maximum Gasteiger partial charge on any atom is 0.134 e. The molecule has 3 rings (SSSR count). The highest BCUT2D eigenvalue weighted by molar-refractivity contribution is 5.77. The molecule has 4 heteroatoms. The van der Waals surface area contributed by atoms with Crippen LogP contribution >= 0.6 is 0 Å². The Morgan fingerprint density at radius 1 is 1.29 bits per heavy atom. The second-order valence-electron chi connectivity index (χ2n) is 5.98. The normalized spacial score (nSPS) is 24.3. The van der Waals surface area contributed by atoms with Crippen LogP contribution in [0, 0.1) is 5.92 Å². The monoisotopic (exact) mass is 288 g/mol. The lowest BCUT2D eigenvalue weighted by Crippen LogP contribution is -2.44. The Hall–Kier alpha value is -1.36. The van der Waals surface area contributed by atoms with E-state index in [2.05, 4.69) is 11.4 Å². The number of rotatable bonds is 5. The molecule has 4 nitrogen and oxygen atoms in total. The van der Waals surface area contributed by atoms with Gasteiger partial charge in [-0.3, -0.25) is 0 Å². The minimum atomic E-state index is 0.00884. The maximum atomic E-state index is 9.54. The molecule has 0 bridgehead atoms. The van der Waals surface area contributed by atoms with Crippen LogP contribution in [-0.2, 0) is 0 Å². The highest BCUT2D eigenvalue weighted by atomic mass is 16.3. The van der Waals surface area contributed by atoms with Gasteiger partial charge in [0.25, 0.3) is 0 Å². The van der Waals surface area contributed by atoms with Crippen molar-refractivity contribution in [2.75, 3.05) is 13.2 Å². The summed E-state index contributed by atoms with van der Waals surface area (Å²) < 4.78 is 5.93. The number of furan rings is 1. The molecule has 1 aliphatic rings. The van der Waals surface area contributed by atoms with E-state index in [0.717, 1.165) is 29.6 Å². The quantitative estimate of drug-likeness (QED) is 0.791. The molecule has 0 aliphatic heterocycles. The summed E-state index contributed by atoms with van der Waals surface area (Å²) in [6.07, 6.45) is 4.61. The Morgan fingerprint density at radius 2 is 2.10 bits per heavy atom. The van der Waals surface area contributed by atoms with Crippen molar-refractivity contribution >= 4 is 11.0 Å². The van der Waals surface area contributed by atoms with Gasteiger partial charge in [-0.15, -0.1) is 0 Å². The first-order valence-corrected chi connectivity index (χ1v) is 7.87. The highest BCUT2D eigenvalue weighted by Crippen LogP contribution is 2.28. The van der Waals surface area contributed by atoms with Crippen LogP contribution in [0.15, 0.2) is 34.7 Å². The van der Waals surface area contributed by atoms with Crippen molar-refractivity contribution in [1.29, 1.82) is 0 Å². The van der Waals surface area contributed by atoms with E-state index in [1.807, 2.05) is 24.3 Å². The van der Waals surface area contributed by atoms with Crippen molar-refractivity contribution in [3.8, 4) is 0 Å². The van der Waals surface area contributed by atoms with Gasteiger partial charge in [0.2, 0.25) is 0 Å². The molecule has 1 aliphatic carbocycles. The van der Waals surface area contributed by atoms with Gasteiger partial charge in [0.1, 0.15) is 11.3 Å². The van der Waals surface area contributed by atoms with Gasteiger partial charge in [-0.1, -0.05) is 31.0 Å². The summed E-state index contributed by atoms with van der Waals surface area (Å²) >= 11 is 0. The third-order valence-electron chi connectivity index (χ3n) is 4.58. The van der Waals surface area contributed by atoms with Crippen LogP contribution in [0.5, 0.6) is 0 Å². The molecule has 1 saturated carbocycles. The average molecular weight is 288 g/mol. The van der Waals surface area contributed by atoms with Crippen molar-refractivity contribution in [2.45, 2.75) is 37.8 Å². The topological polar surface area (TPSA) is 71.4 Å². The number of nitrogens with one attached hydrogen (secondary N) is 1. The Kier molecular flexibility index (Phi) is 4.58. The molecule has 1 aromatic carbocycles. The molecule has 0 amide bonds. The van der Waals surface area contributed by atoms with Gasteiger partial charge >= 0.3 is 0 Å². The number of nitrogens with two attached hydrogens (primary N) is 1.